The zero-order chi connectivity index (χ0) is 15.1. The average molecular weight is 277 g/mol. The fourth-order valence-electron chi connectivity index (χ4n) is 2.49. The van der Waals surface area contributed by atoms with Crippen LogP contribution in [0.4, 0.5) is 11.4 Å². The first-order valence-corrected chi connectivity index (χ1v) is 6.39. The second-order valence-electron chi connectivity index (χ2n) is 5.29. The zero-order valence-corrected chi connectivity index (χ0v) is 11.9. The predicted octanol–water partition coefficient (Wildman–Crippen LogP) is 0.748. The standard InChI is InChI=1S/C14H19N3O3/c1-9(18)17-7-6-14(15,13(19)20)11-8-10(16(2)3)4-5-12(11)17/h4-5,8H,6-7,15H2,1-3H3,(H,19,20). The van der Waals surface area contributed by atoms with Crippen LogP contribution < -0.4 is 15.5 Å². The number of anilines is 2. The van der Waals surface area contributed by atoms with Gasteiger partial charge < -0.3 is 20.6 Å². The van der Waals surface area contributed by atoms with Gasteiger partial charge in [-0.1, -0.05) is 0 Å². The largest absolute Gasteiger partial charge is 0.480 e. The first-order valence-electron chi connectivity index (χ1n) is 6.39. The maximum atomic E-state index is 11.7. The van der Waals surface area contributed by atoms with Gasteiger partial charge in [0.15, 0.2) is 0 Å². The van der Waals surface area contributed by atoms with Crippen LogP contribution in [0.2, 0.25) is 0 Å². The highest BCUT2D eigenvalue weighted by Crippen LogP contribution is 2.39. The number of aliphatic carboxylic acids is 1. The van der Waals surface area contributed by atoms with Gasteiger partial charge >= 0.3 is 5.97 Å². The molecule has 1 amide bonds. The molecule has 3 N–H and O–H groups in total. The number of fused-ring (bicyclic) bond motifs is 1. The molecule has 6 nitrogen and oxygen atoms in total. The lowest BCUT2D eigenvalue weighted by Crippen LogP contribution is -2.52. The van der Waals surface area contributed by atoms with Gasteiger partial charge in [-0.15, -0.1) is 0 Å². The third-order valence-electron chi connectivity index (χ3n) is 3.76. The van der Waals surface area contributed by atoms with E-state index in [1.54, 1.807) is 17.0 Å². The van der Waals surface area contributed by atoms with Crippen molar-refractivity contribution < 1.29 is 14.7 Å². The highest BCUT2D eigenvalue weighted by Gasteiger charge is 2.43. The molecule has 0 bridgehead atoms. The molecule has 0 spiro atoms. The Hall–Kier alpha value is -2.08. The number of hydrogen-bond donors (Lipinski definition) is 2. The quantitative estimate of drug-likeness (QED) is 0.833. The Morgan fingerprint density at radius 2 is 2.05 bits per heavy atom. The molecule has 0 fully saturated rings. The minimum absolute atomic E-state index is 0.115. The van der Waals surface area contributed by atoms with Crippen LogP contribution in [0.1, 0.15) is 18.9 Å². The van der Waals surface area contributed by atoms with Crippen molar-refractivity contribution in [1.29, 1.82) is 0 Å². The van der Waals surface area contributed by atoms with Crippen molar-refractivity contribution in [1.82, 2.24) is 0 Å². The summed E-state index contributed by atoms with van der Waals surface area (Å²) in [6.07, 6.45) is 0.200. The number of carbonyl (C=O) groups is 2. The number of carbonyl (C=O) groups excluding carboxylic acids is 1. The Morgan fingerprint density at radius 1 is 1.40 bits per heavy atom. The molecule has 6 heteroatoms. The molecular formula is C14H19N3O3. The first-order chi connectivity index (χ1) is 9.27. The van der Waals surface area contributed by atoms with E-state index in [1.807, 2.05) is 25.1 Å². The van der Waals surface area contributed by atoms with Gasteiger partial charge in [0.2, 0.25) is 5.91 Å². The van der Waals surface area contributed by atoms with Gasteiger partial charge in [-0.25, -0.2) is 4.79 Å². The molecule has 1 aliphatic rings. The molecule has 0 saturated carbocycles. The van der Waals surface area contributed by atoms with Gasteiger partial charge in [0, 0.05) is 44.5 Å². The number of amides is 1. The number of hydrogen-bond acceptors (Lipinski definition) is 4. The minimum Gasteiger partial charge on any atom is -0.480 e. The fourth-order valence-corrected chi connectivity index (χ4v) is 2.49. The lowest BCUT2D eigenvalue weighted by atomic mass is 9.82. The number of carboxylic acid groups (broad SMARTS) is 1. The van der Waals surface area contributed by atoms with Gasteiger partial charge in [0.1, 0.15) is 5.54 Å². The number of carboxylic acids is 1. The second-order valence-corrected chi connectivity index (χ2v) is 5.29. The summed E-state index contributed by atoms with van der Waals surface area (Å²) in [5.74, 6) is -1.19. The van der Waals surface area contributed by atoms with E-state index in [1.165, 1.54) is 6.92 Å². The van der Waals surface area contributed by atoms with E-state index < -0.39 is 11.5 Å². The lowest BCUT2D eigenvalue weighted by Gasteiger charge is -2.38. The van der Waals surface area contributed by atoms with Crippen molar-refractivity contribution in [3.63, 3.8) is 0 Å². The lowest BCUT2D eigenvalue weighted by molar-refractivity contribution is -0.144. The van der Waals surface area contributed by atoms with Crippen molar-refractivity contribution in [3.8, 4) is 0 Å². The van der Waals surface area contributed by atoms with Gasteiger partial charge in [-0.05, 0) is 24.6 Å². The molecule has 1 heterocycles. The van der Waals surface area contributed by atoms with Crippen LogP contribution in [-0.2, 0) is 15.1 Å². The molecular weight excluding hydrogens is 258 g/mol. The summed E-state index contributed by atoms with van der Waals surface area (Å²) in [5.41, 5.74) is 6.56. The summed E-state index contributed by atoms with van der Waals surface area (Å²) in [5, 5.41) is 9.46. The SMILES string of the molecule is CC(=O)N1CCC(N)(C(=O)O)c2cc(N(C)C)ccc21. The molecule has 108 valence electrons. The molecule has 1 aromatic carbocycles. The van der Waals surface area contributed by atoms with Crippen molar-refractivity contribution in [2.45, 2.75) is 18.9 Å². The molecule has 1 unspecified atom stereocenters. The highest BCUT2D eigenvalue weighted by atomic mass is 16.4. The van der Waals surface area contributed by atoms with Crippen LogP contribution in [-0.4, -0.2) is 37.6 Å². The molecule has 20 heavy (non-hydrogen) atoms. The van der Waals surface area contributed by atoms with Crippen molar-refractivity contribution in [3.05, 3.63) is 23.8 Å². The van der Waals surface area contributed by atoms with Crippen LogP contribution in [0, 0.1) is 0 Å². The molecule has 0 aromatic heterocycles. The smallest absolute Gasteiger partial charge is 0.328 e. The van der Waals surface area contributed by atoms with E-state index in [0.717, 1.165) is 5.69 Å². The molecule has 0 radical (unpaired) electrons. The highest BCUT2D eigenvalue weighted by molar-refractivity contribution is 5.96. The van der Waals surface area contributed by atoms with E-state index in [-0.39, 0.29) is 12.3 Å². The first kappa shape index (κ1) is 14.3. The topological polar surface area (TPSA) is 86.9 Å². The molecule has 1 aromatic rings. The maximum absolute atomic E-state index is 11.7. The Labute approximate surface area is 117 Å². The van der Waals surface area contributed by atoms with E-state index in [2.05, 4.69) is 0 Å². The van der Waals surface area contributed by atoms with E-state index in [4.69, 9.17) is 5.73 Å². The van der Waals surface area contributed by atoms with E-state index in [9.17, 15) is 14.7 Å². The van der Waals surface area contributed by atoms with Crippen LogP contribution in [0.15, 0.2) is 18.2 Å². The number of rotatable bonds is 2. The summed E-state index contributed by atoms with van der Waals surface area (Å²) in [7, 11) is 3.73. The Morgan fingerprint density at radius 3 is 2.55 bits per heavy atom. The monoisotopic (exact) mass is 277 g/mol. The van der Waals surface area contributed by atoms with Crippen LogP contribution in [0.5, 0.6) is 0 Å². The molecule has 0 saturated heterocycles. The summed E-state index contributed by atoms with van der Waals surface area (Å²) >= 11 is 0. The predicted molar refractivity (Wildman–Crippen MR) is 76.9 cm³/mol. The maximum Gasteiger partial charge on any atom is 0.328 e. The summed E-state index contributed by atoms with van der Waals surface area (Å²) < 4.78 is 0. The third-order valence-corrected chi connectivity index (χ3v) is 3.76. The molecule has 1 aliphatic heterocycles. The van der Waals surface area contributed by atoms with Crippen LogP contribution in [0.25, 0.3) is 0 Å². The Bertz CT molecular complexity index is 571. The van der Waals surface area contributed by atoms with E-state index >= 15 is 0 Å². The van der Waals surface area contributed by atoms with Gasteiger partial charge in [0.25, 0.3) is 0 Å². The second kappa shape index (κ2) is 4.79. The molecule has 0 aliphatic carbocycles. The molecule has 2 rings (SSSR count). The normalized spacial score (nSPS) is 21.3. The van der Waals surface area contributed by atoms with Crippen molar-refractivity contribution in [2.75, 3.05) is 30.4 Å². The number of nitrogens with two attached hydrogens (primary N) is 1. The van der Waals surface area contributed by atoms with Crippen molar-refractivity contribution in [2.24, 2.45) is 5.73 Å². The van der Waals surface area contributed by atoms with Gasteiger partial charge in [0.05, 0.1) is 0 Å². The molecule has 1 atom stereocenters. The number of nitrogens with zero attached hydrogens (tertiary/aromatic N) is 2. The summed E-state index contributed by atoms with van der Waals surface area (Å²) in [4.78, 5) is 26.7. The van der Waals surface area contributed by atoms with Crippen molar-refractivity contribution >= 4 is 23.3 Å². The van der Waals surface area contributed by atoms with Crippen LogP contribution in [0.3, 0.4) is 0 Å². The van der Waals surface area contributed by atoms with E-state index in [0.29, 0.717) is 17.8 Å². The van der Waals surface area contributed by atoms with Gasteiger partial charge in [-0.2, -0.15) is 0 Å². The summed E-state index contributed by atoms with van der Waals surface area (Å²) in [6, 6.07) is 5.36. The third kappa shape index (κ3) is 2.12. The number of benzene rings is 1. The Balaban J connectivity index is 2.64. The fraction of sp³-hybridized carbons (Fsp3) is 0.429. The zero-order valence-electron chi connectivity index (χ0n) is 11.9. The van der Waals surface area contributed by atoms with Crippen LogP contribution >= 0.6 is 0 Å². The Kier molecular flexibility index (Phi) is 3.43. The average Bonchev–Trinajstić information content (AvgIpc) is 2.38. The van der Waals surface area contributed by atoms with Gasteiger partial charge in [-0.3, -0.25) is 4.79 Å². The minimum atomic E-state index is -1.45. The summed E-state index contributed by atoms with van der Waals surface area (Å²) in [6.45, 7) is 1.78.